The normalized spacial score (nSPS) is 16.2. The van der Waals surface area contributed by atoms with Crippen LogP contribution in [0, 0.1) is 0 Å². The van der Waals surface area contributed by atoms with Crippen LogP contribution in [0.2, 0.25) is 0 Å². The molecule has 43 heteroatoms. The lowest BCUT2D eigenvalue weighted by Gasteiger charge is -2.30. The Morgan fingerprint density at radius 3 is 1.28 bits per heavy atom. The molecule has 104 heavy (non-hydrogen) atoms. The predicted octanol–water partition coefficient (Wildman–Crippen LogP) is -7.37. The van der Waals surface area contributed by atoms with Gasteiger partial charge in [-0.25, -0.2) is 4.79 Å². The first-order valence-electron chi connectivity index (χ1n) is 31.8. The van der Waals surface area contributed by atoms with Gasteiger partial charge in [0.15, 0.2) is 0 Å². The highest BCUT2D eigenvalue weighted by Crippen LogP contribution is 2.21. The van der Waals surface area contributed by atoms with Crippen molar-refractivity contribution in [3.63, 3.8) is 0 Å². The predicted molar refractivity (Wildman–Crippen MR) is 389 cm³/mol. The maximum Gasteiger partial charge on any atom is 0.326 e. The van der Waals surface area contributed by atoms with E-state index in [1.165, 1.54) is 55.5 Å². The number of amides is 15. The zero-order valence-electron chi connectivity index (χ0n) is 56.2. The quantitative estimate of drug-likeness (QED) is 0.0274. The highest BCUT2D eigenvalue weighted by atomic mass is 32.1. The van der Waals surface area contributed by atoms with E-state index < -0.39 is 228 Å². The van der Waals surface area contributed by atoms with Crippen LogP contribution in [0.15, 0.2) is 48.5 Å². The molecule has 0 spiro atoms. The van der Waals surface area contributed by atoms with Crippen molar-refractivity contribution in [3.8, 4) is 11.5 Å². The number of hydrogen-bond donors (Lipinski definition) is 25. The molecular weight excluding hydrogens is 1490 g/mol. The van der Waals surface area contributed by atoms with E-state index >= 15 is 0 Å². The number of carbonyl (C=O) groups is 17. The molecule has 2 aromatic carbocycles. The number of hydrogen-bond acceptors (Lipinski definition) is 26. The summed E-state index contributed by atoms with van der Waals surface area (Å²) in [5, 5.41) is 79.6. The molecule has 0 aromatic heterocycles. The Balaban J connectivity index is 1.70. The number of likely N-dealkylation sites (tertiary alicyclic amines) is 1. The lowest BCUT2D eigenvalue weighted by atomic mass is 10.0. The Morgan fingerprint density at radius 1 is 0.481 bits per heavy atom. The fraction of sp³-hybridized carbons (Fsp3) is 0.525. The van der Waals surface area contributed by atoms with Crippen molar-refractivity contribution < 1.29 is 107 Å². The number of carboxylic acids is 2. The maximum atomic E-state index is 14.3. The van der Waals surface area contributed by atoms with Crippen LogP contribution in [0.1, 0.15) is 64.0 Å². The van der Waals surface area contributed by atoms with Crippen molar-refractivity contribution in [2.75, 3.05) is 47.6 Å². The summed E-state index contributed by atoms with van der Waals surface area (Å²) >= 11 is 24.7. The summed E-state index contributed by atoms with van der Waals surface area (Å²) in [6.07, 6.45) is -4.12. The summed E-state index contributed by atoms with van der Waals surface area (Å²) in [5.41, 5.74) is 6.28. The summed E-state index contributed by atoms with van der Waals surface area (Å²) in [6, 6.07) is -9.22. The Kier molecular flexibility index (Phi) is 38.4. The molecule has 20 N–H and O–H groups in total. The highest BCUT2D eigenvalue weighted by Gasteiger charge is 2.41. The maximum absolute atomic E-state index is 14.3. The number of thiol groups is 6. The Morgan fingerprint density at radius 2 is 0.856 bits per heavy atom. The van der Waals surface area contributed by atoms with E-state index in [-0.39, 0.29) is 61.0 Å². The van der Waals surface area contributed by atoms with Gasteiger partial charge in [0.05, 0.1) is 19.1 Å². The molecule has 14 atom stereocenters. The number of nitrogens with zero attached hydrogens (tertiary/aromatic N) is 1. The zero-order valence-corrected chi connectivity index (χ0v) is 61.6. The number of aliphatic hydroxyl groups excluding tert-OH is 1. The van der Waals surface area contributed by atoms with Crippen LogP contribution in [0.4, 0.5) is 0 Å². The van der Waals surface area contributed by atoms with Crippen molar-refractivity contribution in [2.24, 2.45) is 5.73 Å². The summed E-state index contributed by atoms with van der Waals surface area (Å²) in [4.78, 5) is 226. The van der Waals surface area contributed by atoms with E-state index in [1.54, 1.807) is 0 Å². The van der Waals surface area contributed by atoms with E-state index in [0.29, 0.717) is 11.1 Å². The van der Waals surface area contributed by atoms with Gasteiger partial charge in [-0.15, -0.1) is 0 Å². The average molecular weight is 1570 g/mol. The van der Waals surface area contributed by atoms with Crippen LogP contribution in [0.3, 0.4) is 0 Å². The molecule has 574 valence electrons. The Labute approximate surface area is 628 Å². The first-order valence-corrected chi connectivity index (χ1v) is 35.6. The SMILES string of the molecule is CC(=O)N[C@@H](CS)C(=O)NC(CS)C(=O)N[C@@H](CCC(=O)O)C(=O)NC(Cc1ccc(O)cc1)C(=O)N[C@@H](CS)C(=O)NC(CS)C(=O)NC(CC(N)=O)C(=O)N1CCC[C@H]1C(=O)N[C@@H](C)C(=O)N[C@@H](CS)C(=O)N[C@H](C(=O)NCC(=O)N[C@@H](CS)C(=O)N[C@@H](Cc1ccc(O)cc1)C(=O)O)[C@@H](C)O. The first kappa shape index (κ1) is 89.3. The van der Waals surface area contributed by atoms with Gasteiger partial charge in [0, 0.05) is 67.2 Å². The van der Waals surface area contributed by atoms with Gasteiger partial charge in [-0.1, -0.05) is 24.3 Å². The standard InChI is InChI=1S/C61H87N15O22S6/c1-27(49(85)71-43(26-104)57(93)75-48(28(2)77)59(95)63-20-46(82)66-39(22-100)53(89)70-37(61(97)98)18-31-8-12-33(80)13-9-31)64-58(94)44-5-4-16-76(44)60(96)36(19-45(62)81)69-55(91)41(24-102)74-56(92)42(25-103)72-51(87)35(17-30-6-10-32(79)11-7-30)68-50(86)34(14-15-47(83)84)67-54(90)40(23-101)73-52(88)38(21-99)65-29(3)78/h6-13,27-28,34-44,48,77,79-80,99-104H,4-5,14-26H2,1-3H3,(H2,62,81)(H,63,95)(H,64,94)(H,65,78)(H,66,82)(H,67,90)(H,68,86)(H,69,91)(H,70,89)(H,71,85)(H,72,87)(H,73,88)(H,74,92)(H,75,93)(H,83,84)(H,97,98)/t27-,28+,34-,35?,36?,37-,38-,39-,40?,41?,42-,43-,44-,48-/m0/s1. The van der Waals surface area contributed by atoms with Gasteiger partial charge in [-0.2, -0.15) is 75.8 Å². The van der Waals surface area contributed by atoms with Crippen molar-refractivity contribution in [2.45, 2.75) is 150 Å². The van der Waals surface area contributed by atoms with Crippen LogP contribution in [0.25, 0.3) is 0 Å². The largest absolute Gasteiger partial charge is 0.508 e. The van der Waals surface area contributed by atoms with Crippen LogP contribution in [-0.4, -0.2) is 263 Å². The van der Waals surface area contributed by atoms with Gasteiger partial charge in [-0.3, -0.25) is 76.7 Å². The van der Waals surface area contributed by atoms with Gasteiger partial charge in [0.2, 0.25) is 88.6 Å². The Bertz CT molecular complexity index is 3420. The lowest BCUT2D eigenvalue weighted by Crippen LogP contribution is -2.61. The number of rotatable bonds is 43. The van der Waals surface area contributed by atoms with Gasteiger partial charge in [0.1, 0.15) is 90.0 Å². The smallest absolute Gasteiger partial charge is 0.326 e. The first-order chi connectivity index (χ1) is 49.0. The topological polar surface area (TPSA) is 577 Å². The number of aromatic hydroxyl groups is 2. The molecule has 37 nitrogen and oxygen atoms in total. The summed E-state index contributed by atoms with van der Waals surface area (Å²) < 4.78 is 0. The summed E-state index contributed by atoms with van der Waals surface area (Å²) in [7, 11) is 0. The fourth-order valence-electron chi connectivity index (χ4n) is 9.76. The monoisotopic (exact) mass is 1570 g/mol. The zero-order chi connectivity index (χ0) is 78.2. The second kappa shape index (κ2) is 44.7. The summed E-state index contributed by atoms with van der Waals surface area (Å²) in [6.45, 7) is 2.51. The summed E-state index contributed by atoms with van der Waals surface area (Å²) in [5.74, 6) is -20.3. The molecule has 3 rings (SSSR count). The minimum atomic E-state index is -1.79. The number of nitrogens with one attached hydrogen (secondary N) is 13. The van der Waals surface area contributed by atoms with Crippen LogP contribution >= 0.6 is 75.8 Å². The number of aliphatic carboxylic acids is 2. The number of primary amides is 1. The molecule has 2 aromatic rings. The molecule has 0 bridgehead atoms. The molecule has 1 saturated heterocycles. The number of phenols is 2. The number of carbonyl (C=O) groups excluding carboxylic acids is 15. The molecule has 1 aliphatic rings. The molecule has 1 heterocycles. The third kappa shape index (κ3) is 29.7. The number of phenolic OH excluding ortho intramolecular Hbond substituents is 2. The van der Waals surface area contributed by atoms with Gasteiger partial charge in [0.25, 0.3) is 0 Å². The molecule has 0 aliphatic carbocycles. The van der Waals surface area contributed by atoms with Crippen LogP contribution in [0.5, 0.6) is 11.5 Å². The van der Waals surface area contributed by atoms with Gasteiger partial charge in [-0.05, 0) is 68.5 Å². The molecular formula is C61H87N15O22S6. The molecule has 0 radical (unpaired) electrons. The van der Waals surface area contributed by atoms with Crippen molar-refractivity contribution in [3.05, 3.63) is 59.7 Å². The number of carboxylic acid groups (broad SMARTS) is 2. The van der Waals surface area contributed by atoms with E-state index in [2.05, 4.69) is 145 Å². The number of aliphatic hydroxyl groups is 1. The molecule has 4 unspecified atom stereocenters. The minimum absolute atomic E-state index is 0.0115. The van der Waals surface area contributed by atoms with Crippen LogP contribution < -0.4 is 74.9 Å². The Hall–Kier alpha value is -8.91. The van der Waals surface area contributed by atoms with E-state index in [1.807, 2.05) is 0 Å². The second-order valence-electron chi connectivity index (χ2n) is 23.5. The van der Waals surface area contributed by atoms with Crippen molar-refractivity contribution >= 4 is 176 Å². The minimum Gasteiger partial charge on any atom is -0.508 e. The van der Waals surface area contributed by atoms with Crippen LogP contribution in [-0.2, 0) is 94.3 Å². The van der Waals surface area contributed by atoms with E-state index in [9.17, 15) is 107 Å². The molecule has 1 aliphatic heterocycles. The number of nitrogens with two attached hydrogens (primary N) is 1. The molecule has 15 amide bonds. The van der Waals surface area contributed by atoms with Crippen molar-refractivity contribution in [1.29, 1.82) is 0 Å². The van der Waals surface area contributed by atoms with Gasteiger partial charge >= 0.3 is 11.9 Å². The lowest BCUT2D eigenvalue weighted by molar-refractivity contribution is -0.143. The second-order valence-corrected chi connectivity index (χ2v) is 25.7. The van der Waals surface area contributed by atoms with E-state index in [4.69, 9.17) is 5.73 Å². The van der Waals surface area contributed by atoms with Crippen molar-refractivity contribution in [1.82, 2.24) is 74.0 Å². The van der Waals surface area contributed by atoms with E-state index in [0.717, 1.165) is 18.7 Å². The average Bonchev–Trinajstić information content (AvgIpc) is 1.61. The fourth-order valence-corrected chi connectivity index (χ4v) is 11.3. The molecule has 0 saturated carbocycles. The number of benzene rings is 2. The third-order valence-corrected chi connectivity index (χ3v) is 17.5. The molecule has 1 fully saturated rings. The highest BCUT2D eigenvalue weighted by molar-refractivity contribution is 7.81. The van der Waals surface area contributed by atoms with Gasteiger partial charge < -0.3 is 105 Å². The third-order valence-electron chi connectivity index (χ3n) is 15.3.